The van der Waals surface area contributed by atoms with Gasteiger partial charge in [-0.1, -0.05) is 28.9 Å². The average molecular weight is 512 g/mol. The lowest BCUT2D eigenvalue weighted by Gasteiger charge is -2.15. The topological polar surface area (TPSA) is 82.8 Å². The molecule has 0 aliphatic heterocycles. The molecule has 0 atom stereocenters. The van der Waals surface area contributed by atoms with E-state index in [1.165, 1.54) is 11.6 Å². The van der Waals surface area contributed by atoms with Crippen molar-refractivity contribution in [1.29, 1.82) is 0 Å². The number of rotatable bonds is 9. The van der Waals surface area contributed by atoms with Crippen LogP contribution in [0.3, 0.4) is 0 Å². The van der Waals surface area contributed by atoms with Gasteiger partial charge in [0.15, 0.2) is 11.5 Å². The summed E-state index contributed by atoms with van der Waals surface area (Å²) in [5.41, 5.74) is 1.81. The van der Waals surface area contributed by atoms with Gasteiger partial charge in [-0.2, -0.15) is 9.78 Å². The molecule has 0 aliphatic rings. The average Bonchev–Trinajstić information content (AvgIpc) is 2.76. The SMILES string of the molecule is C=CCc1cc(C=Nn2c(CCC)nc3ccc(Br)cc3c2=O)cc(OCC)c1OC(C)=O. The third-order valence-electron chi connectivity index (χ3n) is 4.74. The monoisotopic (exact) mass is 511 g/mol. The maximum absolute atomic E-state index is 13.2. The van der Waals surface area contributed by atoms with Gasteiger partial charge in [-0.25, -0.2) is 4.98 Å². The number of allylic oxidation sites excluding steroid dienone is 1. The van der Waals surface area contributed by atoms with Gasteiger partial charge in [-0.3, -0.25) is 9.59 Å². The van der Waals surface area contributed by atoms with Crippen molar-refractivity contribution < 1.29 is 14.3 Å². The molecule has 0 amide bonds. The van der Waals surface area contributed by atoms with Crippen molar-refractivity contribution in [2.24, 2.45) is 5.10 Å². The minimum Gasteiger partial charge on any atom is -0.490 e. The third-order valence-corrected chi connectivity index (χ3v) is 5.23. The number of hydrogen-bond donors (Lipinski definition) is 0. The molecule has 3 aromatic rings. The number of benzene rings is 2. The van der Waals surface area contributed by atoms with Gasteiger partial charge in [0.1, 0.15) is 5.82 Å². The van der Waals surface area contributed by atoms with Crippen LogP contribution in [0.4, 0.5) is 0 Å². The fraction of sp³-hybridized carbons (Fsp3) is 0.280. The molecule has 0 N–H and O–H groups in total. The van der Waals surface area contributed by atoms with Crippen LogP contribution in [0.1, 0.15) is 44.1 Å². The van der Waals surface area contributed by atoms with E-state index >= 15 is 0 Å². The van der Waals surface area contributed by atoms with Crippen molar-refractivity contribution in [2.45, 2.75) is 40.0 Å². The van der Waals surface area contributed by atoms with Gasteiger partial charge < -0.3 is 9.47 Å². The number of carbonyl (C=O) groups is 1. The summed E-state index contributed by atoms with van der Waals surface area (Å²) in [5, 5.41) is 4.96. The molecule has 0 saturated carbocycles. The number of esters is 1. The molecule has 3 rings (SSSR count). The zero-order valence-corrected chi connectivity index (χ0v) is 20.5. The second-order valence-electron chi connectivity index (χ2n) is 7.33. The fourth-order valence-corrected chi connectivity index (χ4v) is 3.77. The van der Waals surface area contributed by atoms with Crippen molar-refractivity contribution in [2.75, 3.05) is 6.61 Å². The van der Waals surface area contributed by atoms with E-state index in [2.05, 4.69) is 32.6 Å². The van der Waals surface area contributed by atoms with E-state index in [0.717, 1.165) is 16.5 Å². The maximum atomic E-state index is 13.2. The zero-order chi connectivity index (χ0) is 24.0. The van der Waals surface area contributed by atoms with E-state index in [4.69, 9.17) is 9.47 Å². The molecule has 0 radical (unpaired) electrons. The second-order valence-corrected chi connectivity index (χ2v) is 8.24. The molecule has 7 nitrogen and oxygen atoms in total. The summed E-state index contributed by atoms with van der Waals surface area (Å²) in [4.78, 5) is 29.5. The van der Waals surface area contributed by atoms with Crippen LogP contribution >= 0.6 is 15.9 Å². The molecule has 33 heavy (non-hydrogen) atoms. The normalized spacial score (nSPS) is 11.2. The molecule has 0 fully saturated rings. The molecular weight excluding hydrogens is 486 g/mol. The summed E-state index contributed by atoms with van der Waals surface area (Å²) in [6.07, 6.45) is 5.19. The number of ether oxygens (including phenoxy) is 2. The number of aryl methyl sites for hydroxylation is 1. The van der Waals surface area contributed by atoms with Crippen LogP contribution in [0.5, 0.6) is 11.5 Å². The third kappa shape index (κ3) is 5.76. The summed E-state index contributed by atoms with van der Waals surface area (Å²) in [7, 11) is 0. The molecule has 8 heteroatoms. The van der Waals surface area contributed by atoms with Gasteiger partial charge in [0.05, 0.1) is 23.7 Å². The molecule has 0 bridgehead atoms. The Bertz CT molecular complexity index is 1280. The number of aromatic nitrogens is 2. The predicted octanol–water partition coefficient (Wildman–Crippen LogP) is 5.05. The van der Waals surface area contributed by atoms with Gasteiger partial charge >= 0.3 is 5.97 Å². The van der Waals surface area contributed by atoms with Crippen molar-refractivity contribution >= 4 is 39.0 Å². The molecule has 0 unspecified atom stereocenters. The van der Waals surface area contributed by atoms with E-state index < -0.39 is 5.97 Å². The van der Waals surface area contributed by atoms with Crippen LogP contribution in [0.15, 0.2) is 57.4 Å². The van der Waals surface area contributed by atoms with E-state index in [-0.39, 0.29) is 5.56 Å². The minimum atomic E-state index is -0.438. The van der Waals surface area contributed by atoms with Gasteiger partial charge in [-0.15, -0.1) is 6.58 Å². The van der Waals surface area contributed by atoms with Crippen molar-refractivity contribution in [1.82, 2.24) is 9.66 Å². The van der Waals surface area contributed by atoms with E-state index in [9.17, 15) is 9.59 Å². The summed E-state index contributed by atoms with van der Waals surface area (Å²) in [5.74, 6) is 0.936. The van der Waals surface area contributed by atoms with Crippen LogP contribution in [0, 0.1) is 0 Å². The van der Waals surface area contributed by atoms with Gasteiger partial charge in [0.2, 0.25) is 0 Å². The number of halogens is 1. The van der Waals surface area contributed by atoms with Gasteiger partial charge in [0.25, 0.3) is 5.56 Å². The van der Waals surface area contributed by atoms with Gasteiger partial charge in [-0.05, 0) is 55.7 Å². The second kappa shape index (κ2) is 11.0. The highest BCUT2D eigenvalue weighted by atomic mass is 79.9. The van der Waals surface area contributed by atoms with Crippen LogP contribution < -0.4 is 15.0 Å². The molecule has 1 aromatic heterocycles. The Kier molecular flexibility index (Phi) is 8.16. The van der Waals surface area contributed by atoms with Crippen molar-refractivity contribution in [3.63, 3.8) is 0 Å². The van der Waals surface area contributed by atoms with E-state index in [0.29, 0.717) is 53.2 Å². The predicted molar refractivity (Wildman–Crippen MR) is 134 cm³/mol. The standard InChI is InChI=1S/C25H26BrN3O4/c1-5-8-18-12-17(13-22(32-7-3)24(18)33-16(4)30)15-27-29-23(9-6-2)28-21-11-10-19(26)14-20(21)25(29)31/h5,10-15H,1,6-9H2,2-4H3. The summed E-state index contributed by atoms with van der Waals surface area (Å²) in [6.45, 7) is 9.39. The smallest absolute Gasteiger partial charge is 0.308 e. The highest BCUT2D eigenvalue weighted by Crippen LogP contribution is 2.33. The van der Waals surface area contributed by atoms with Crippen LogP contribution in [0.2, 0.25) is 0 Å². The Morgan fingerprint density at radius 1 is 1.27 bits per heavy atom. The Balaban J connectivity index is 2.14. The first-order chi connectivity index (χ1) is 15.9. The zero-order valence-electron chi connectivity index (χ0n) is 18.9. The first kappa shape index (κ1) is 24.4. The quantitative estimate of drug-likeness (QED) is 0.174. The van der Waals surface area contributed by atoms with Crippen LogP contribution in [-0.4, -0.2) is 28.5 Å². The molecule has 0 saturated heterocycles. The lowest BCUT2D eigenvalue weighted by molar-refractivity contribution is -0.132. The Hall–Kier alpha value is -3.26. The van der Waals surface area contributed by atoms with E-state index in [1.54, 1.807) is 24.4 Å². The van der Waals surface area contributed by atoms with Crippen LogP contribution in [0.25, 0.3) is 10.9 Å². The minimum absolute atomic E-state index is 0.242. The number of nitrogens with zero attached hydrogens (tertiary/aromatic N) is 3. The Morgan fingerprint density at radius 3 is 2.73 bits per heavy atom. The molecule has 172 valence electrons. The number of carbonyl (C=O) groups excluding carboxylic acids is 1. The van der Waals surface area contributed by atoms with E-state index in [1.807, 2.05) is 32.0 Å². The van der Waals surface area contributed by atoms with Crippen molar-refractivity contribution in [3.05, 3.63) is 74.8 Å². The lowest BCUT2D eigenvalue weighted by Crippen LogP contribution is -2.22. The molecule has 0 spiro atoms. The first-order valence-corrected chi connectivity index (χ1v) is 11.5. The highest BCUT2D eigenvalue weighted by Gasteiger charge is 2.15. The first-order valence-electron chi connectivity index (χ1n) is 10.7. The largest absolute Gasteiger partial charge is 0.490 e. The fourth-order valence-electron chi connectivity index (χ4n) is 3.41. The lowest BCUT2D eigenvalue weighted by atomic mass is 10.1. The molecule has 1 heterocycles. The maximum Gasteiger partial charge on any atom is 0.308 e. The number of hydrogen-bond acceptors (Lipinski definition) is 6. The summed E-state index contributed by atoms with van der Waals surface area (Å²) in [6, 6.07) is 8.99. The van der Waals surface area contributed by atoms with Crippen molar-refractivity contribution in [3.8, 4) is 11.5 Å². The summed E-state index contributed by atoms with van der Waals surface area (Å²) < 4.78 is 13.3. The molecule has 0 aliphatic carbocycles. The Labute approximate surface area is 200 Å². The Morgan fingerprint density at radius 2 is 2.06 bits per heavy atom. The molecular formula is C25H26BrN3O4. The van der Waals surface area contributed by atoms with Gasteiger partial charge in [0, 0.05) is 23.4 Å². The highest BCUT2D eigenvalue weighted by molar-refractivity contribution is 9.10. The summed E-state index contributed by atoms with van der Waals surface area (Å²) >= 11 is 3.41. The molecule has 2 aromatic carbocycles. The number of fused-ring (bicyclic) bond motifs is 1. The van der Waals surface area contributed by atoms with Crippen LogP contribution in [-0.2, 0) is 17.6 Å².